The van der Waals surface area contributed by atoms with Crippen LogP contribution in [0.3, 0.4) is 0 Å². The molecule has 9 nitrogen and oxygen atoms in total. The molecule has 0 aliphatic heterocycles. The molecule has 0 aliphatic carbocycles. The lowest BCUT2D eigenvalue weighted by molar-refractivity contribution is -0.385. The van der Waals surface area contributed by atoms with Crippen LogP contribution in [0.1, 0.15) is 37.4 Å². The number of nitrogens with zero attached hydrogens (tertiary/aromatic N) is 3. The molecule has 2 N–H and O–H groups in total. The monoisotopic (exact) mass is 397 g/mol. The zero-order chi connectivity index (χ0) is 21.6. The molecule has 0 unspecified atom stereocenters. The van der Waals surface area contributed by atoms with Gasteiger partial charge in [0.2, 0.25) is 0 Å². The van der Waals surface area contributed by atoms with Crippen molar-refractivity contribution < 1.29 is 24.7 Å². The van der Waals surface area contributed by atoms with Crippen LogP contribution in [-0.2, 0) is 6.54 Å². The van der Waals surface area contributed by atoms with E-state index in [0.717, 1.165) is 11.6 Å². The highest BCUT2D eigenvalue weighted by atomic mass is 16.6. The third-order valence-corrected chi connectivity index (χ3v) is 4.08. The average Bonchev–Trinajstić information content (AvgIpc) is 3.15. The minimum atomic E-state index is -1.12. The lowest BCUT2D eigenvalue weighted by Crippen LogP contribution is -2.03. The van der Waals surface area contributed by atoms with Gasteiger partial charge in [-0.3, -0.25) is 14.8 Å². The van der Waals surface area contributed by atoms with Crippen LogP contribution in [0, 0.1) is 24.0 Å². The predicted octanol–water partition coefficient (Wildman–Crippen LogP) is 3.54. The Morgan fingerprint density at radius 2 is 1.79 bits per heavy atom. The summed E-state index contributed by atoms with van der Waals surface area (Å²) in [5, 5.41) is 32.0. The smallest absolute Gasteiger partial charge is 0.335 e. The second kappa shape index (κ2) is 9.27. The molecule has 0 radical (unpaired) electrons. The van der Waals surface area contributed by atoms with Crippen LogP contribution >= 0.6 is 0 Å². The second-order valence-electron chi connectivity index (χ2n) is 6.22. The van der Waals surface area contributed by atoms with Gasteiger partial charge in [0.05, 0.1) is 22.6 Å². The number of rotatable bonds is 5. The number of carboxylic acids is 2. The number of carboxylic acid groups (broad SMARTS) is 2. The normalized spacial score (nSPS) is 10.0. The maximum Gasteiger partial charge on any atom is 0.335 e. The summed E-state index contributed by atoms with van der Waals surface area (Å²) >= 11 is 0. The van der Waals surface area contributed by atoms with E-state index in [0.29, 0.717) is 17.7 Å². The lowest BCUT2D eigenvalue weighted by atomic mass is 10.1. The van der Waals surface area contributed by atoms with Crippen molar-refractivity contribution in [2.75, 3.05) is 0 Å². The number of benzene rings is 2. The molecule has 0 atom stereocenters. The molecule has 0 saturated heterocycles. The largest absolute Gasteiger partial charge is 0.478 e. The van der Waals surface area contributed by atoms with Crippen molar-refractivity contribution in [2.24, 2.45) is 0 Å². The van der Waals surface area contributed by atoms with E-state index in [1.807, 2.05) is 18.3 Å². The van der Waals surface area contributed by atoms with E-state index in [9.17, 15) is 19.7 Å². The van der Waals surface area contributed by atoms with E-state index in [-0.39, 0.29) is 21.7 Å². The fourth-order valence-electron chi connectivity index (χ4n) is 2.59. The molecular formula is C20H19N3O6. The number of nitro benzene ring substituents is 1. The predicted molar refractivity (Wildman–Crippen MR) is 104 cm³/mol. The highest BCUT2D eigenvalue weighted by Crippen LogP contribution is 2.19. The van der Waals surface area contributed by atoms with E-state index in [2.05, 4.69) is 5.10 Å². The van der Waals surface area contributed by atoms with E-state index >= 15 is 0 Å². The molecule has 1 aromatic heterocycles. The van der Waals surface area contributed by atoms with Crippen LogP contribution in [0.25, 0.3) is 0 Å². The van der Waals surface area contributed by atoms with Crippen LogP contribution in [0.5, 0.6) is 0 Å². The fraction of sp³-hybridized carbons (Fsp3) is 0.150. The third-order valence-electron chi connectivity index (χ3n) is 4.08. The standard InChI is InChI=1S/C11H11N3O2.C9H8O4/c1-9-7-10(3-4-11(9)14(15)16)8-13-6-2-5-12-13;1-5-2-3-6(8(10)11)4-7(5)9(12)13/h2-7H,8H2,1H3;2-4H,1H3,(H,10,11)(H,12,13). The van der Waals surface area contributed by atoms with Crippen molar-refractivity contribution in [1.82, 2.24) is 9.78 Å². The molecule has 0 aliphatic rings. The van der Waals surface area contributed by atoms with Crippen LogP contribution in [0.4, 0.5) is 5.69 Å². The average molecular weight is 397 g/mol. The lowest BCUT2D eigenvalue weighted by Gasteiger charge is -2.03. The highest BCUT2D eigenvalue weighted by Gasteiger charge is 2.11. The van der Waals surface area contributed by atoms with Crippen molar-refractivity contribution in [3.8, 4) is 0 Å². The van der Waals surface area contributed by atoms with Gasteiger partial charge in [0.1, 0.15) is 0 Å². The Morgan fingerprint density at radius 1 is 1.07 bits per heavy atom. The second-order valence-corrected chi connectivity index (χ2v) is 6.22. The Bertz CT molecular complexity index is 1040. The first-order valence-electron chi connectivity index (χ1n) is 8.47. The number of aromatic carboxylic acids is 2. The molecule has 3 aromatic rings. The Kier molecular flexibility index (Phi) is 6.80. The molecule has 0 saturated carbocycles. The molecular weight excluding hydrogens is 378 g/mol. The van der Waals surface area contributed by atoms with Gasteiger partial charge < -0.3 is 10.2 Å². The molecule has 9 heteroatoms. The van der Waals surface area contributed by atoms with Crippen molar-refractivity contribution in [1.29, 1.82) is 0 Å². The SMILES string of the molecule is Cc1cc(Cn2cccn2)ccc1[N+](=O)[O-].Cc1ccc(C(=O)O)cc1C(=O)O. The summed E-state index contributed by atoms with van der Waals surface area (Å²) in [7, 11) is 0. The van der Waals surface area contributed by atoms with E-state index in [4.69, 9.17) is 10.2 Å². The quantitative estimate of drug-likeness (QED) is 0.496. The number of hydrogen-bond donors (Lipinski definition) is 2. The van der Waals surface area contributed by atoms with Gasteiger partial charge >= 0.3 is 11.9 Å². The summed E-state index contributed by atoms with van der Waals surface area (Å²) < 4.78 is 1.78. The van der Waals surface area contributed by atoms with Crippen LogP contribution < -0.4 is 0 Å². The molecule has 150 valence electrons. The molecule has 0 bridgehead atoms. The van der Waals surface area contributed by atoms with Crippen molar-refractivity contribution in [2.45, 2.75) is 20.4 Å². The number of aryl methyl sites for hydroxylation is 2. The van der Waals surface area contributed by atoms with Crippen LogP contribution in [-0.4, -0.2) is 36.9 Å². The summed E-state index contributed by atoms with van der Waals surface area (Å²) in [6.45, 7) is 3.99. The zero-order valence-electron chi connectivity index (χ0n) is 15.8. The fourth-order valence-corrected chi connectivity index (χ4v) is 2.59. The van der Waals surface area contributed by atoms with Crippen LogP contribution in [0.15, 0.2) is 54.9 Å². The van der Waals surface area contributed by atoms with Crippen molar-refractivity contribution in [3.05, 3.63) is 92.8 Å². The van der Waals surface area contributed by atoms with Gasteiger partial charge in [0.15, 0.2) is 0 Å². The summed E-state index contributed by atoms with van der Waals surface area (Å²) in [6, 6.07) is 11.0. The number of carbonyl (C=O) groups is 2. The maximum absolute atomic E-state index is 10.6. The molecule has 0 amide bonds. The first-order valence-corrected chi connectivity index (χ1v) is 8.47. The van der Waals surface area contributed by atoms with Gasteiger partial charge in [-0.25, -0.2) is 9.59 Å². The van der Waals surface area contributed by atoms with Gasteiger partial charge in [-0.15, -0.1) is 0 Å². The Hall–Kier alpha value is -4.01. The van der Waals surface area contributed by atoms with E-state index in [1.54, 1.807) is 30.8 Å². The van der Waals surface area contributed by atoms with Gasteiger partial charge in [-0.2, -0.15) is 5.10 Å². The first-order chi connectivity index (χ1) is 13.7. The Balaban J connectivity index is 0.000000212. The number of hydrogen-bond acceptors (Lipinski definition) is 5. The summed E-state index contributed by atoms with van der Waals surface area (Å²) in [5.74, 6) is -2.23. The van der Waals surface area contributed by atoms with E-state index in [1.165, 1.54) is 18.2 Å². The van der Waals surface area contributed by atoms with Gasteiger partial charge in [-0.1, -0.05) is 12.1 Å². The Morgan fingerprint density at radius 3 is 2.31 bits per heavy atom. The van der Waals surface area contributed by atoms with Crippen molar-refractivity contribution in [3.63, 3.8) is 0 Å². The maximum atomic E-state index is 10.6. The van der Waals surface area contributed by atoms with Crippen LogP contribution in [0.2, 0.25) is 0 Å². The summed E-state index contributed by atoms with van der Waals surface area (Å²) in [6.07, 6.45) is 3.56. The van der Waals surface area contributed by atoms with Crippen molar-refractivity contribution >= 4 is 17.6 Å². The molecule has 2 aromatic carbocycles. The zero-order valence-corrected chi connectivity index (χ0v) is 15.8. The Labute approximate surface area is 166 Å². The van der Waals surface area contributed by atoms with Gasteiger partial charge in [0, 0.05) is 24.0 Å². The third kappa shape index (κ3) is 5.73. The minimum absolute atomic E-state index is 0.0111. The molecule has 0 spiro atoms. The number of nitro groups is 1. The van der Waals surface area contributed by atoms with E-state index < -0.39 is 11.9 Å². The molecule has 0 fully saturated rings. The molecule has 29 heavy (non-hydrogen) atoms. The molecule has 3 rings (SSSR count). The minimum Gasteiger partial charge on any atom is -0.478 e. The first kappa shape index (κ1) is 21.3. The highest BCUT2D eigenvalue weighted by molar-refractivity contribution is 5.94. The molecule has 1 heterocycles. The summed E-state index contributed by atoms with van der Waals surface area (Å²) in [5.41, 5.74) is 2.41. The van der Waals surface area contributed by atoms with Gasteiger partial charge in [-0.05, 0) is 49.2 Å². The topological polar surface area (TPSA) is 136 Å². The van der Waals surface area contributed by atoms with Gasteiger partial charge in [0.25, 0.3) is 5.69 Å². The number of aromatic nitrogens is 2. The summed E-state index contributed by atoms with van der Waals surface area (Å²) in [4.78, 5) is 31.4.